The molecule has 1 aliphatic rings. The smallest absolute Gasteiger partial charge is 0.282 e. The maximum Gasteiger partial charge on any atom is 0.282 e. The zero-order valence-electron chi connectivity index (χ0n) is 9.50. The quantitative estimate of drug-likeness (QED) is 0.768. The van der Waals surface area contributed by atoms with Crippen molar-refractivity contribution < 1.29 is 14.4 Å². The Hall–Kier alpha value is -2.33. The van der Waals surface area contributed by atoms with Crippen molar-refractivity contribution in [1.29, 1.82) is 0 Å². The Morgan fingerprint density at radius 1 is 1.17 bits per heavy atom. The number of benzene rings is 2. The van der Waals surface area contributed by atoms with Crippen molar-refractivity contribution in [3.63, 3.8) is 0 Å². The minimum atomic E-state index is -0.234. The second-order valence-electron chi connectivity index (χ2n) is 3.74. The number of nitrogens with zero attached hydrogens (tertiary/aromatic N) is 1. The third kappa shape index (κ3) is 1.83. The van der Waals surface area contributed by atoms with Crippen LogP contribution in [0.25, 0.3) is 0 Å². The molecule has 1 heterocycles. The summed E-state index contributed by atoms with van der Waals surface area (Å²) >= 11 is 0. The van der Waals surface area contributed by atoms with Gasteiger partial charge in [-0.25, -0.2) is 4.84 Å². The summed E-state index contributed by atoms with van der Waals surface area (Å²) in [6.07, 6.45) is 0. The summed E-state index contributed by atoms with van der Waals surface area (Å²) in [5.74, 6) is 0.357. The van der Waals surface area contributed by atoms with Crippen molar-refractivity contribution in [3.05, 3.63) is 60.2 Å². The van der Waals surface area contributed by atoms with E-state index < -0.39 is 0 Å². The molecule has 0 unspecified atom stereocenters. The van der Waals surface area contributed by atoms with Crippen LogP contribution in [-0.2, 0) is 4.84 Å². The van der Waals surface area contributed by atoms with E-state index in [1.54, 1.807) is 30.3 Å². The van der Waals surface area contributed by atoms with Crippen LogP contribution >= 0.6 is 0 Å². The summed E-state index contributed by atoms with van der Waals surface area (Å²) in [6, 6.07) is 17.2. The Morgan fingerprint density at radius 2 is 2.00 bits per heavy atom. The first kappa shape index (κ1) is 10.8. The number of ether oxygens (including phenoxy) is 1. The Kier molecular flexibility index (Phi) is 2.70. The number of carbonyl (C=O) groups excluding carboxylic acids is 1. The lowest BCUT2D eigenvalue weighted by atomic mass is 10.2. The first-order valence-corrected chi connectivity index (χ1v) is 5.52. The summed E-state index contributed by atoms with van der Waals surface area (Å²) in [7, 11) is 0. The highest BCUT2D eigenvalue weighted by Crippen LogP contribution is 2.31. The molecule has 0 atom stereocenters. The summed E-state index contributed by atoms with van der Waals surface area (Å²) in [6.45, 7) is 0.0173. The highest BCUT2D eigenvalue weighted by molar-refractivity contribution is 6.05. The number of para-hydroxylation sites is 1. The number of fused-ring (bicyclic) bond motifs is 1. The van der Waals surface area contributed by atoms with Gasteiger partial charge in [-0.1, -0.05) is 30.3 Å². The van der Waals surface area contributed by atoms with E-state index in [9.17, 15) is 4.79 Å². The molecule has 0 N–H and O–H groups in total. The second kappa shape index (κ2) is 4.50. The summed E-state index contributed by atoms with van der Waals surface area (Å²) < 4.78 is 5.29. The van der Waals surface area contributed by atoms with Gasteiger partial charge in [0.25, 0.3) is 5.91 Å². The molecule has 0 aliphatic carbocycles. The normalized spacial score (nSPS) is 13.7. The standard InChI is InChI=1S/C14H10NO3/c16-14(11-6-2-1-3-7-11)15-12-8-4-5-9-13(12)17-10-18-15/h1-7,9H,10H2. The third-order valence-corrected chi connectivity index (χ3v) is 2.60. The van der Waals surface area contributed by atoms with Crippen molar-refractivity contribution >= 4 is 11.6 Å². The molecule has 2 aromatic rings. The molecule has 0 fully saturated rings. The number of carbonyl (C=O) groups is 1. The fourth-order valence-electron chi connectivity index (χ4n) is 1.75. The Labute approximate surface area is 104 Å². The second-order valence-corrected chi connectivity index (χ2v) is 3.74. The average molecular weight is 240 g/mol. The summed E-state index contributed by atoms with van der Waals surface area (Å²) in [4.78, 5) is 17.5. The molecule has 1 aliphatic heterocycles. The van der Waals surface area contributed by atoms with E-state index in [0.29, 0.717) is 17.0 Å². The highest BCUT2D eigenvalue weighted by atomic mass is 16.8. The van der Waals surface area contributed by atoms with E-state index in [0.717, 1.165) is 0 Å². The molecule has 4 heteroatoms. The van der Waals surface area contributed by atoms with Crippen molar-refractivity contribution in [2.45, 2.75) is 0 Å². The fourth-order valence-corrected chi connectivity index (χ4v) is 1.75. The molecule has 1 radical (unpaired) electrons. The molecule has 0 aromatic heterocycles. The Morgan fingerprint density at radius 3 is 2.83 bits per heavy atom. The molecule has 0 spiro atoms. The zero-order chi connectivity index (χ0) is 12.4. The van der Waals surface area contributed by atoms with E-state index in [4.69, 9.17) is 9.57 Å². The molecule has 1 amide bonds. The molecule has 0 bridgehead atoms. The van der Waals surface area contributed by atoms with Gasteiger partial charge in [-0.15, -0.1) is 0 Å². The first-order chi connectivity index (χ1) is 8.86. The largest absolute Gasteiger partial charge is 0.463 e. The number of hydroxylamine groups is 1. The zero-order valence-corrected chi connectivity index (χ0v) is 9.50. The first-order valence-electron chi connectivity index (χ1n) is 5.52. The van der Waals surface area contributed by atoms with E-state index in [2.05, 4.69) is 6.07 Å². The lowest BCUT2D eigenvalue weighted by Gasteiger charge is -2.27. The van der Waals surface area contributed by atoms with Gasteiger partial charge in [0.1, 0.15) is 11.4 Å². The van der Waals surface area contributed by atoms with E-state index in [1.165, 1.54) is 5.06 Å². The summed E-state index contributed by atoms with van der Waals surface area (Å²) in [5, 5.41) is 1.22. The monoisotopic (exact) mass is 240 g/mol. The molecular weight excluding hydrogens is 230 g/mol. The van der Waals surface area contributed by atoms with Crippen molar-refractivity contribution in [1.82, 2.24) is 0 Å². The molecule has 3 rings (SSSR count). The van der Waals surface area contributed by atoms with Crippen LogP contribution in [0.15, 0.2) is 48.5 Å². The lowest BCUT2D eigenvalue weighted by Crippen LogP contribution is -2.35. The lowest BCUT2D eigenvalue weighted by molar-refractivity contribution is -0.0136. The van der Waals surface area contributed by atoms with Gasteiger partial charge in [-0.3, -0.25) is 4.79 Å². The van der Waals surface area contributed by atoms with Crippen molar-refractivity contribution in [3.8, 4) is 5.75 Å². The van der Waals surface area contributed by atoms with Gasteiger partial charge in [0.15, 0.2) is 0 Å². The van der Waals surface area contributed by atoms with Gasteiger partial charge >= 0.3 is 0 Å². The summed E-state index contributed by atoms with van der Waals surface area (Å²) in [5.41, 5.74) is 1.06. The van der Waals surface area contributed by atoms with Gasteiger partial charge in [0.05, 0.1) is 0 Å². The van der Waals surface area contributed by atoms with Crippen molar-refractivity contribution in [2.24, 2.45) is 0 Å². The molecule has 4 nitrogen and oxygen atoms in total. The van der Waals surface area contributed by atoms with Gasteiger partial charge in [0, 0.05) is 11.6 Å². The van der Waals surface area contributed by atoms with Crippen LogP contribution in [-0.4, -0.2) is 12.7 Å². The molecule has 89 valence electrons. The highest BCUT2D eigenvalue weighted by Gasteiger charge is 2.25. The van der Waals surface area contributed by atoms with Gasteiger partial charge < -0.3 is 4.74 Å². The molecule has 2 aromatic carbocycles. The van der Waals surface area contributed by atoms with Gasteiger partial charge in [-0.2, -0.15) is 5.06 Å². The number of hydrogen-bond acceptors (Lipinski definition) is 3. The maximum atomic E-state index is 12.3. The van der Waals surface area contributed by atoms with E-state index in [1.807, 2.05) is 18.2 Å². The number of rotatable bonds is 1. The minimum Gasteiger partial charge on any atom is -0.463 e. The topological polar surface area (TPSA) is 38.8 Å². The average Bonchev–Trinajstić information content (AvgIpc) is 2.47. The van der Waals surface area contributed by atoms with Crippen LogP contribution in [0.4, 0.5) is 5.69 Å². The number of amides is 1. The predicted octanol–water partition coefficient (Wildman–Crippen LogP) is 2.42. The minimum absolute atomic E-state index is 0.0173. The van der Waals surface area contributed by atoms with E-state index in [-0.39, 0.29) is 12.7 Å². The third-order valence-electron chi connectivity index (χ3n) is 2.60. The number of anilines is 1. The fraction of sp³-hybridized carbons (Fsp3) is 0.0714. The Balaban J connectivity index is 1.97. The van der Waals surface area contributed by atoms with E-state index >= 15 is 0 Å². The van der Waals surface area contributed by atoms with Crippen LogP contribution in [0.3, 0.4) is 0 Å². The van der Waals surface area contributed by atoms with Crippen molar-refractivity contribution in [2.75, 3.05) is 11.9 Å². The van der Waals surface area contributed by atoms with Crippen LogP contribution in [0.1, 0.15) is 10.4 Å². The molecular formula is C14H10NO3. The Bertz CT molecular complexity index is 568. The van der Waals surface area contributed by atoms with Crippen LogP contribution in [0.2, 0.25) is 0 Å². The van der Waals surface area contributed by atoms with Gasteiger partial charge in [-0.05, 0) is 18.2 Å². The van der Waals surface area contributed by atoms with Crippen LogP contribution in [0.5, 0.6) is 5.75 Å². The predicted molar refractivity (Wildman–Crippen MR) is 65.1 cm³/mol. The molecule has 0 saturated carbocycles. The van der Waals surface area contributed by atoms with Crippen LogP contribution < -0.4 is 9.80 Å². The molecule has 18 heavy (non-hydrogen) atoms. The number of hydrogen-bond donors (Lipinski definition) is 0. The SMILES string of the molecule is O=C(c1ccccc1)N1OCOc2ccc[c]c21. The molecule has 0 saturated heterocycles. The maximum absolute atomic E-state index is 12.3. The van der Waals surface area contributed by atoms with Crippen LogP contribution in [0, 0.1) is 6.07 Å². The van der Waals surface area contributed by atoms with Gasteiger partial charge in [0.2, 0.25) is 6.79 Å².